The largest absolute Gasteiger partial charge is 0.399 e. The van der Waals surface area contributed by atoms with Crippen molar-refractivity contribution in [1.82, 2.24) is 0 Å². The third kappa shape index (κ3) is 3.02. The number of hydrogen-bond acceptors (Lipinski definition) is 3. The minimum absolute atomic E-state index is 0.0268. The van der Waals surface area contributed by atoms with E-state index in [9.17, 15) is 4.39 Å². The second kappa shape index (κ2) is 5.40. The summed E-state index contributed by atoms with van der Waals surface area (Å²) in [5, 5.41) is 12.2. The fraction of sp³-hybridized carbons (Fsp3) is 0.133. The minimum Gasteiger partial charge on any atom is -0.399 e. The van der Waals surface area contributed by atoms with E-state index in [-0.39, 0.29) is 11.6 Å². The Labute approximate surface area is 111 Å². The number of hydrogen-bond donors (Lipinski definition) is 2. The van der Waals surface area contributed by atoms with Gasteiger partial charge in [-0.2, -0.15) is 5.26 Å². The fourth-order valence-corrected chi connectivity index (χ4v) is 1.88. The molecule has 2 aromatic carbocycles. The van der Waals surface area contributed by atoms with E-state index in [4.69, 9.17) is 11.0 Å². The van der Waals surface area contributed by atoms with E-state index < -0.39 is 5.82 Å². The molecule has 0 saturated heterocycles. The normalized spacial score (nSPS) is 11.6. The maximum Gasteiger partial charge on any atom is 0.124 e. The van der Waals surface area contributed by atoms with Crippen molar-refractivity contribution in [2.75, 3.05) is 11.1 Å². The van der Waals surface area contributed by atoms with Crippen molar-refractivity contribution in [3.63, 3.8) is 0 Å². The topological polar surface area (TPSA) is 61.8 Å². The standard InChI is InChI=1S/C15H14FN3/c1-10(11-3-2-4-14(18)8-11)19-15-6-5-13(16)7-12(15)9-17/h2-8,10,19H,18H2,1H3. The third-order valence-electron chi connectivity index (χ3n) is 2.88. The monoisotopic (exact) mass is 255 g/mol. The summed E-state index contributed by atoms with van der Waals surface area (Å²) < 4.78 is 13.1. The highest BCUT2D eigenvalue weighted by Gasteiger charge is 2.09. The number of anilines is 2. The second-order valence-electron chi connectivity index (χ2n) is 4.34. The summed E-state index contributed by atoms with van der Waals surface area (Å²) in [5.74, 6) is -0.418. The first kappa shape index (κ1) is 12.9. The lowest BCUT2D eigenvalue weighted by molar-refractivity contribution is 0.627. The Hall–Kier alpha value is -2.54. The first-order valence-corrected chi connectivity index (χ1v) is 5.92. The van der Waals surface area contributed by atoms with Crippen LogP contribution >= 0.6 is 0 Å². The van der Waals surface area contributed by atoms with Gasteiger partial charge in [0.05, 0.1) is 11.3 Å². The molecule has 0 aliphatic rings. The summed E-state index contributed by atoms with van der Waals surface area (Å²) in [6, 6.07) is 13.6. The van der Waals surface area contributed by atoms with E-state index in [0.717, 1.165) is 5.56 Å². The Bertz CT molecular complexity index is 632. The number of nitrogens with one attached hydrogen (secondary N) is 1. The van der Waals surface area contributed by atoms with E-state index in [1.807, 2.05) is 37.3 Å². The van der Waals surface area contributed by atoms with E-state index in [0.29, 0.717) is 11.4 Å². The van der Waals surface area contributed by atoms with Crippen LogP contribution in [0.15, 0.2) is 42.5 Å². The molecule has 96 valence electrons. The highest BCUT2D eigenvalue weighted by molar-refractivity contribution is 5.58. The van der Waals surface area contributed by atoms with E-state index >= 15 is 0 Å². The quantitative estimate of drug-likeness (QED) is 0.826. The summed E-state index contributed by atoms with van der Waals surface area (Å²) in [6.07, 6.45) is 0. The predicted molar refractivity (Wildman–Crippen MR) is 74.0 cm³/mol. The van der Waals surface area contributed by atoms with Crippen LogP contribution in [0.2, 0.25) is 0 Å². The van der Waals surface area contributed by atoms with Gasteiger partial charge >= 0.3 is 0 Å². The molecule has 2 aromatic rings. The summed E-state index contributed by atoms with van der Waals surface area (Å²) in [6.45, 7) is 1.96. The molecule has 0 saturated carbocycles. The molecule has 0 spiro atoms. The zero-order valence-corrected chi connectivity index (χ0v) is 10.5. The Balaban J connectivity index is 2.24. The average molecular weight is 255 g/mol. The highest BCUT2D eigenvalue weighted by atomic mass is 19.1. The number of nitrogens with zero attached hydrogens (tertiary/aromatic N) is 1. The van der Waals surface area contributed by atoms with Gasteiger partial charge in [0.1, 0.15) is 11.9 Å². The average Bonchev–Trinajstić information content (AvgIpc) is 2.40. The van der Waals surface area contributed by atoms with Crippen molar-refractivity contribution in [3.8, 4) is 6.07 Å². The molecule has 2 rings (SSSR count). The zero-order valence-electron chi connectivity index (χ0n) is 10.5. The van der Waals surface area contributed by atoms with Crippen molar-refractivity contribution in [3.05, 3.63) is 59.4 Å². The number of rotatable bonds is 3. The lowest BCUT2D eigenvalue weighted by atomic mass is 10.1. The van der Waals surface area contributed by atoms with E-state index in [1.54, 1.807) is 6.07 Å². The lowest BCUT2D eigenvalue weighted by Gasteiger charge is -2.17. The maximum absolute atomic E-state index is 13.1. The number of nitrogen functional groups attached to an aromatic ring is 1. The Kier molecular flexibility index (Phi) is 3.67. The predicted octanol–water partition coefficient (Wildman–Crippen LogP) is 3.45. The third-order valence-corrected chi connectivity index (χ3v) is 2.88. The molecule has 0 fully saturated rings. The number of nitrogens with two attached hydrogens (primary N) is 1. The van der Waals surface area contributed by atoms with E-state index in [1.165, 1.54) is 12.1 Å². The molecule has 0 radical (unpaired) electrons. The van der Waals surface area contributed by atoms with E-state index in [2.05, 4.69) is 5.32 Å². The van der Waals surface area contributed by atoms with Gasteiger partial charge in [-0.1, -0.05) is 12.1 Å². The van der Waals surface area contributed by atoms with Crippen LogP contribution < -0.4 is 11.1 Å². The molecule has 19 heavy (non-hydrogen) atoms. The summed E-state index contributed by atoms with van der Waals surface area (Å²) >= 11 is 0. The molecule has 1 unspecified atom stereocenters. The molecule has 0 aliphatic heterocycles. The smallest absolute Gasteiger partial charge is 0.124 e. The summed E-state index contributed by atoms with van der Waals surface area (Å²) in [4.78, 5) is 0. The van der Waals surface area contributed by atoms with Gasteiger partial charge in [-0.05, 0) is 42.8 Å². The van der Waals surface area contributed by atoms with Crippen LogP contribution in [0.4, 0.5) is 15.8 Å². The second-order valence-corrected chi connectivity index (χ2v) is 4.34. The van der Waals surface area contributed by atoms with Crippen LogP contribution in [0, 0.1) is 17.1 Å². The molecule has 0 aromatic heterocycles. The number of nitriles is 1. The summed E-state index contributed by atoms with van der Waals surface area (Å²) in [5.41, 5.74) is 8.33. The Morgan fingerprint density at radius 2 is 2.05 bits per heavy atom. The highest BCUT2D eigenvalue weighted by Crippen LogP contribution is 2.23. The van der Waals surface area contributed by atoms with Crippen LogP contribution in [0.25, 0.3) is 0 Å². The molecule has 0 aliphatic carbocycles. The van der Waals surface area contributed by atoms with Gasteiger partial charge in [-0.25, -0.2) is 4.39 Å². The molecule has 0 heterocycles. The summed E-state index contributed by atoms with van der Waals surface area (Å²) in [7, 11) is 0. The van der Waals surface area contributed by atoms with Crippen LogP contribution in [0.1, 0.15) is 24.1 Å². The van der Waals surface area contributed by atoms with Gasteiger partial charge in [-0.3, -0.25) is 0 Å². The Morgan fingerprint density at radius 1 is 1.26 bits per heavy atom. The van der Waals surface area contributed by atoms with Crippen LogP contribution in [-0.2, 0) is 0 Å². The SMILES string of the molecule is CC(Nc1ccc(F)cc1C#N)c1cccc(N)c1. The molecule has 3 nitrogen and oxygen atoms in total. The van der Waals surface area contributed by atoms with Gasteiger partial charge in [-0.15, -0.1) is 0 Å². The molecule has 0 amide bonds. The van der Waals surface area contributed by atoms with Gasteiger partial charge < -0.3 is 11.1 Å². The van der Waals surface area contributed by atoms with Crippen molar-refractivity contribution in [1.29, 1.82) is 5.26 Å². The molecule has 1 atom stereocenters. The minimum atomic E-state index is -0.418. The van der Waals surface area contributed by atoms with Crippen molar-refractivity contribution < 1.29 is 4.39 Å². The molecule has 0 bridgehead atoms. The van der Waals surface area contributed by atoms with Crippen LogP contribution in [-0.4, -0.2) is 0 Å². The van der Waals surface area contributed by atoms with Gasteiger partial charge in [0.25, 0.3) is 0 Å². The van der Waals surface area contributed by atoms with Gasteiger partial charge in [0.15, 0.2) is 0 Å². The van der Waals surface area contributed by atoms with Crippen molar-refractivity contribution in [2.24, 2.45) is 0 Å². The first-order chi connectivity index (χ1) is 9.10. The number of benzene rings is 2. The fourth-order valence-electron chi connectivity index (χ4n) is 1.88. The maximum atomic E-state index is 13.1. The lowest BCUT2D eigenvalue weighted by Crippen LogP contribution is -2.08. The first-order valence-electron chi connectivity index (χ1n) is 5.92. The van der Waals surface area contributed by atoms with Crippen molar-refractivity contribution >= 4 is 11.4 Å². The molecular formula is C15H14FN3. The molecular weight excluding hydrogens is 241 g/mol. The van der Waals surface area contributed by atoms with Gasteiger partial charge in [0, 0.05) is 11.7 Å². The number of halogens is 1. The zero-order chi connectivity index (χ0) is 13.8. The van der Waals surface area contributed by atoms with Crippen LogP contribution in [0.5, 0.6) is 0 Å². The molecule has 4 heteroatoms. The Morgan fingerprint density at radius 3 is 2.74 bits per heavy atom. The van der Waals surface area contributed by atoms with Crippen LogP contribution in [0.3, 0.4) is 0 Å². The van der Waals surface area contributed by atoms with Gasteiger partial charge in [0.2, 0.25) is 0 Å². The molecule has 3 N–H and O–H groups in total. The van der Waals surface area contributed by atoms with Crippen molar-refractivity contribution in [2.45, 2.75) is 13.0 Å².